The molecule has 0 aromatic heterocycles. The van der Waals surface area contributed by atoms with Gasteiger partial charge in [0.05, 0.1) is 5.60 Å². The number of nitrogens with zero attached hydrogens (tertiary/aromatic N) is 1. The second kappa shape index (κ2) is 4.43. The number of piperidine rings is 1. The molecular weight excluding hydrogens is 162 g/mol. The monoisotopic (exact) mass is 185 g/mol. The lowest BCUT2D eigenvalue weighted by Crippen LogP contribution is -2.44. The molecule has 1 saturated heterocycles. The summed E-state index contributed by atoms with van der Waals surface area (Å²) in [5.41, 5.74) is -0.354. The van der Waals surface area contributed by atoms with Crippen LogP contribution in [-0.4, -0.2) is 35.2 Å². The van der Waals surface area contributed by atoms with Crippen LogP contribution in [0.15, 0.2) is 0 Å². The van der Waals surface area contributed by atoms with Crippen molar-refractivity contribution in [1.29, 1.82) is 0 Å². The van der Waals surface area contributed by atoms with Crippen LogP contribution >= 0.6 is 0 Å². The van der Waals surface area contributed by atoms with E-state index in [1.54, 1.807) is 0 Å². The van der Waals surface area contributed by atoms with Crippen LogP contribution in [0.25, 0.3) is 0 Å². The van der Waals surface area contributed by atoms with Gasteiger partial charge in [-0.15, -0.1) is 0 Å². The van der Waals surface area contributed by atoms with Crippen LogP contribution in [0.4, 0.5) is 0 Å². The third-order valence-electron chi connectivity index (χ3n) is 3.07. The van der Waals surface area contributed by atoms with Gasteiger partial charge < -0.3 is 10.0 Å². The summed E-state index contributed by atoms with van der Waals surface area (Å²) >= 11 is 0. The highest BCUT2D eigenvalue weighted by Crippen LogP contribution is 2.25. The van der Waals surface area contributed by atoms with E-state index in [0.29, 0.717) is 0 Å². The molecule has 0 bridgehead atoms. The van der Waals surface area contributed by atoms with E-state index in [1.807, 2.05) is 0 Å². The lowest BCUT2D eigenvalue weighted by molar-refractivity contribution is -0.0258. The molecule has 0 spiro atoms. The number of hydrogen-bond donors (Lipinski definition) is 1. The summed E-state index contributed by atoms with van der Waals surface area (Å²) in [5, 5.41) is 10.0. The van der Waals surface area contributed by atoms with Gasteiger partial charge in [-0.1, -0.05) is 20.8 Å². The first-order chi connectivity index (χ1) is 6.06. The molecule has 0 atom stereocenters. The molecule has 0 aliphatic carbocycles. The van der Waals surface area contributed by atoms with Crippen LogP contribution in [0, 0.1) is 5.92 Å². The first-order valence-corrected chi connectivity index (χ1v) is 5.50. The predicted molar refractivity (Wildman–Crippen MR) is 55.8 cm³/mol. The second-order valence-corrected chi connectivity index (χ2v) is 4.77. The molecular formula is C11H23NO. The number of rotatable bonds is 3. The van der Waals surface area contributed by atoms with Crippen molar-refractivity contribution in [3.63, 3.8) is 0 Å². The molecule has 1 N–H and O–H groups in total. The average molecular weight is 185 g/mol. The average Bonchev–Trinajstić information content (AvgIpc) is 2.09. The van der Waals surface area contributed by atoms with Crippen molar-refractivity contribution in [2.45, 2.75) is 45.6 Å². The van der Waals surface area contributed by atoms with E-state index in [9.17, 15) is 5.11 Å². The van der Waals surface area contributed by atoms with E-state index in [0.717, 1.165) is 38.3 Å². The first kappa shape index (κ1) is 11.0. The van der Waals surface area contributed by atoms with Crippen LogP contribution in [0.1, 0.15) is 40.0 Å². The molecule has 1 fully saturated rings. The highest BCUT2D eigenvalue weighted by Gasteiger charge is 2.30. The normalized spacial score (nSPS) is 23.8. The Kier molecular flexibility index (Phi) is 3.74. The molecule has 0 aromatic rings. The van der Waals surface area contributed by atoms with E-state index in [4.69, 9.17) is 0 Å². The lowest BCUT2D eigenvalue weighted by atomic mass is 9.89. The van der Waals surface area contributed by atoms with Gasteiger partial charge >= 0.3 is 0 Å². The summed E-state index contributed by atoms with van der Waals surface area (Å²) in [6, 6.07) is 0. The Labute approximate surface area is 81.9 Å². The zero-order valence-corrected chi connectivity index (χ0v) is 9.21. The van der Waals surface area contributed by atoms with E-state index < -0.39 is 0 Å². The fraction of sp³-hybridized carbons (Fsp3) is 1.00. The molecule has 0 amide bonds. The minimum atomic E-state index is -0.354. The SMILES string of the molecule is CCC1(O)CCN(CC(C)C)CC1. The van der Waals surface area contributed by atoms with Crippen LogP contribution in [-0.2, 0) is 0 Å². The smallest absolute Gasteiger partial charge is 0.0669 e. The molecule has 1 heterocycles. The quantitative estimate of drug-likeness (QED) is 0.725. The topological polar surface area (TPSA) is 23.5 Å². The van der Waals surface area contributed by atoms with Gasteiger partial charge in [-0.2, -0.15) is 0 Å². The molecule has 0 radical (unpaired) electrons. The fourth-order valence-electron chi connectivity index (χ4n) is 2.02. The van der Waals surface area contributed by atoms with Crippen molar-refractivity contribution in [1.82, 2.24) is 4.90 Å². The van der Waals surface area contributed by atoms with Crippen LogP contribution in [0.5, 0.6) is 0 Å². The van der Waals surface area contributed by atoms with Gasteiger partial charge in [0.1, 0.15) is 0 Å². The maximum atomic E-state index is 10.0. The summed E-state index contributed by atoms with van der Waals surface area (Å²) in [4.78, 5) is 2.47. The fourth-order valence-corrected chi connectivity index (χ4v) is 2.02. The zero-order chi connectivity index (χ0) is 9.90. The van der Waals surface area contributed by atoms with E-state index >= 15 is 0 Å². The molecule has 0 aromatic carbocycles. The van der Waals surface area contributed by atoms with Crippen LogP contribution < -0.4 is 0 Å². The Morgan fingerprint density at radius 3 is 2.23 bits per heavy atom. The largest absolute Gasteiger partial charge is 0.390 e. The van der Waals surface area contributed by atoms with E-state index in [1.165, 1.54) is 6.54 Å². The minimum absolute atomic E-state index is 0.354. The first-order valence-electron chi connectivity index (χ1n) is 5.50. The van der Waals surface area contributed by atoms with Gasteiger partial charge in [-0.3, -0.25) is 0 Å². The third kappa shape index (κ3) is 3.28. The van der Waals surface area contributed by atoms with Crippen molar-refractivity contribution in [2.24, 2.45) is 5.92 Å². The standard InChI is InChI=1S/C11H23NO/c1-4-11(13)5-7-12(8-6-11)9-10(2)3/h10,13H,4-9H2,1-3H3. The van der Waals surface area contributed by atoms with Crippen LogP contribution in [0.3, 0.4) is 0 Å². The highest BCUT2D eigenvalue weighted by molar-refractivity contribution is 4.84. The van der Waals surface area contributed by atoms with Crippen molar-refractivity contribution < 1.29 is 5.11 Å². The molecule has 1 aliphatic rings. The molecule has 0 saturated carbocycles. The minimum Gasteiger partial charge on any atom is -0.390 e. The van der Waals surface area contributed by atoms with Crippen LogP contribution in [0.2, 0.25) is 0 Å². The summed E-state index contributed by atoms with van der Waals surface area (Å²) in [6.07, 6.45) is 2.81. The Balaban J connectivity index is 2.30. The van der Waals surface area contributed by atoms with Crippen molar-refractivity contribution in [3.05, 3.63) is 0 Å². The summed E-state index contributed by atoms with van der Waals surface area (Å²) in [6.45, 7) is 9.91. The van der Waals surface area contributed by atoms with Gasteiger partial charge in [-0.25, -0.2) is 0 Å². The van der Waals surface area contributed by atoms with Crippen molar-refractivity contribution in [2.75, 3.05) is 19.6 Å². The molecule has 1 aliphatic heterocycles. The Morgan fingerprint density at radius 2 is 1.85 bits per heavy atom. The summed E-state index contributed by atoms with van der Waals surface area (Å²) < 4.78 is 0. The molecule has 78 valence electrons. The maximum Gasteiger partial charge on any atom is 0.0669 e. The summed E-state index contributed by atoms with van der Waals surface area (Å²) in [5.74, 6) is 0.743. The molecule has 2 nitrogen and oxygen atoms in total. The number of aliphatic hydroxyl groups is 1. The predicted octanol–water partition coefficient (Wildman–Crippen LogP) is 1.88. The molecule has 1 rings (SSSR count). The van der Waals surface area contributed by atoms with Gasteiger partial charge in [0.15, 0.2) is 0 Å². The van der Waals surface area contributed by atoms with Gasteiger partial charge in [0.2, 0.25) is 0 Å². The Hall–Kier alpha value is -0.0800. The van der Waals surface area contributed by atoms with Gasteiger partial charge in [0, 0.05) is 19.6 Å². The number of hydrogen-bond acceptors (Lipinski definition) is 2. The Bertz CT molecular complexity index is 148. The van der Waals surface area contributed by atoms with Gasteiger partial charge in [0.25, 0.3) is 0 Å². The molecule has 2 heteroatoms. The lowest BCUT2D eigenvalue weighted by Gasteiger charge is -2.38. The summed E-state index contributed by atoms with van der Waals surface area (Å²) in [7, 11) is 0. The third-order valence-corrected chi connectivity index (χ3v) is 3.07. The van der Waals surface area contributed by atoms with E-state index in [-0.39, 0.29) is 5.60 Å². The van der Waals surface area contributed by atoms with Crippen molar-refractivity contribution >= 4 is 0 Å². The van der Waals surface area contributed by atoms with E-state index in [2.05, 4.69) is 25.7 Å². The Morgan fingerprint density at radius 1 is 1.31 bits per heavy atom. The maximum absolute atomic E-state index is 10.0. The van der Waals surface area contributed by atoms with Gasteiger partial charge in [-0.05, 0) is 25.2 Å². The zero-order valence-electron chi connectivity index (χ0n) is 9.21. The number of likely N-dealkylation sites (tertiary alicyclic amines) is 1. The second-order valence-electron chi connectivity index (χ2n) is 4.77. The highest BCUT2D eigenvalue weighted by atomic mass is 16.3. The molecule has 13 heavy (non-hydrogen) atoms. The van der Waals surface area contributed by atoms with Crippen molar-refractivity contribution in [3.8, 4) is 0 Å². The molecule has 0 unspecified atom stereocenters.